The van der Waals surface area contributed by atoms with E-state index in [1.807, 2.05) is 0 Å². The average molecular weight is 305 g/mol. The summed E-state index contributed by atoms with van der Waals surface area (Å²) < 4.78 is 26.0. The van der Waals surface area contributed by atoms with Crippen LogP contribution in [-0.2, 0) is 0 Å². The highest BCUT2D eigenvalue weighted by atomic mass is 32.1. The van der Waals surface area contributed by atoms with Crippen molar-refractivity contribution in [3.8, 4) is 0 Å². The number of nitrogens with zero attached hydrogens (tertiary/aromatic N) is 1. The van der Waals surface area contributed by atoms with Gasteiger partial charge in [0, 0.05) is 23.3 Å². The van der Waals surface area contributed by atoms with Crippen LogP contribution in [0.4, 0.5) is 20.2 Å². The molecular formula is C14H9F2N3OS. The third kappa shape index (κ3) is 2.43. The fourth-order valence-corrected chi connectivity index (χ4v) is 2.84. The summed E-state index contributed by atoms with van der Waals surface area (Å²) in [6.45, 7) is 0. The molecule has 3 N–H and O–H groups in total. The van der Waals surface area contributed by atoms with Gasteiger partial charge in [0.15, 0.2) is 11.6 Å². The molecule has 0 unspecified atom stereocenters. The first-order valence-electron chi connectivity index (χ1n) is 5.95. The first kappa shape index (κ1) is 13.4. The van der Waals surface area contributed by atoms with Gasteiger partial charge in [0.2, 0.25) is 0 Å². The third-order valence-corrected chi connectivity index (χ3v) is 4.02. The lowest BCUT2D eigenvalue weighted by atomic mass is 10.2. The van der Waals surface area contributed by atoms with Gasteiger partial charge in [-0.2, -0.15) is 0 Å². The van der Waals surface area contributed by atoms with Crippen molar-refractivity contribution in [2.24, 2.45) is 0 Å². The summed E-state index contributed by atoms with van der Waals surface area (Å²) in [5, 5.41) is 3.18. The number of hydrogen-bond acceptors (Lipinski definition) is 4. The zero-order valence-corrected chi connectivity index (χ0v) is 11.4. The number of anilines is 2. The normalized spacial score (nSPS) is 10.8. The second kappa shape index (κ2) is 5.10. The van der Waals surface area contributed by atoms with Crippen LogP contribution in [0.1, 0.15) is 9.67 Å². The van der Waals surface area contributed by atoms with E-state index in [1.54, 1.807) is 18.3 Å². The van der Waals surface area contributed by atoms with Gasteiger partial charge >= 0.3 is 0 Å². The van der Waals surface area contributed by atoms with E-state index in [-0.39, 0.29) is 10.6 Å². The first-order chi connectivity index (χ1) is 10.1. The second-order valence-electron chi connectivity index (χ2n) is 4.28. The molecule has 0 aliphatic carbocycles. The average Bonchev–Trinajstić information content (AvgIpc) is 2.81. The number of halogens is 2. The summed E-state index contributed by atoms with van der Waals surface area (Å²) in [6.07, 6.45) is 1.61. The molecule has 0 radical (unpaired) electrons. The molecule has 0 spiro atoms. The third-order valence-electron chi connectivity index (χ3n) is 2.89. The van der Waals surface area contributed by atoms with Gasteiger partial charge in [0.1, 0.15) is 9.71 Å². The van der Waals surface area contributed by atoms with Gasteiger partial charge in [-0.05, 0) is 24.3 Å². The molecule has 0 bridgehead atoms. The molecule has 0 aliphatic rings. The van der Waals surface area contributed by atoms with E-state index >= 15 is 0 Å². The van der Waals surface area contributed by atoms with Gasteiger partial charge < -0.3 is 11.1 Å². The van der Waals surface area contributed by atoms with Crippen LogP contribution in [0.25, 0.3) is 10.2 Å². The Bertz CT molecular complexity index is 847. The van der Waals surface area contributed by atoms with Crippen molar-refractivity contribution in [2.75, 3.05) is 11.1 Å². The Kier molecular flexibility index (Phi) is 3.26. The van der Waals surface area contributed by atoms with E-state index in [1.165, 1.54) is 6.07 Å². The minimum atomic E-state index is -1.03. The van der Waals surface area contributed by atoms with E-state index in [9.17, 15) is 13.6 Å². The zero-order valence-electron chi connectivity index (χ0n) is 10.6. The van der Waals surface area contributed by atoms with Crippen LogP contribution in [0.15, 0.2) is 36.5 Å². The van der Waals surface area contributed by atoms with Gasteiger partial charge in [-0.15, -0.1) is 11.3 Å². The fourth-order valence-electron chi connectivity index (χ4n) is 1.88. The van der Waals surface area contributed by atoms with Crippen LogP contribution in [0.3, 0.4) is 0 Å². The number of carbonyl (C=O) groups is 1. The van der Waals surface area contributed by atoms with Crippen LogP contribution in [0.2, 0.25) is 0 Å². The van der Waals surface area contributed by atoms with Crippen LogP contribution in [0, 0.1) is 11.6 Å². The number of fused-ring (bicyclic) bond motifs is 1. The smallest absolute Gasteiger partial charge is 0.267 e. The summed E-state index contributed by atoms with van der Waals surface area (Å²) >= 11 is 1.14. The Labute approximate surface area is 122 Å². The molecule has 106 valence electrons. The largest absolute Gasteiger partial charge is 0.397 e. The molecule has 4 nitrogen and oxygen atoms in total. The molecule has 21 heavy (non-hydrogen) atoms. The summed E-state index contributed by atoms with van der Waals surface area (Å²) in [5.41, 5.74) is 6.40. The summed E-state index contributed by atoms with van der Waals surface area (Å²) in [7, 11) is 0. The molecule has 0 aliphatic heterocycles. The number of benzene rings is 1. The maximum atomic E-state index is 13.1. The lowest BCUT2D eigenvalue weighted by Crippen LogP contribution is -2.12. The lowest BCUT2D eigenvalue weighted by Gasteiger charge is -2.04. The predicted octanol–water partition coefficient (Wildman–Crippen LogP) is 3.41. The van der Waals surface area contributed by atoms with Crippen LogP contribution >= 0.6 is 11.3 Å². The molecule has 0 saturated carbocycles. The Morgan fingerprint density at radius 2 is 2.05 bits per heavy atom. The van der Waals surface area contributed by atoms with Gasteiger partial charge in [-0.25, -0.2) is 13.8 Å². The van der Waals surface area contributed by atoms with E-state index in [0.29, 0.717) is 15.9 Å². The summed E-state index contributed by atoms with van der Waals surface area (Å²) in [4.78, 5) is 17.2. The number of carbonyl (C=O) groups excluding carboxylic acids is 1. The summed E-state index contributed by atoms with van der Waals surface area (Å²) in [6, 6.07) is 6.62. The molecule has 0 saturated heterocycles. The highest BCUT2D eigenvalue weighted by Gasteiger charge is 2.17. The first-order valence-corrected chi connectivity index (χ1v) is 6.77. The SMILES string of the molecule is Nc1c(C(=O)Nc2ccc(F)c(F)c2)sc2ncccc12. The number of pyridine rings is 1. The number of rotatable bonds is 2. The molecule has 1 amide bonds. The van der Waals surface area contributed by atoms with E-state index in [0.717, 1.165) is 23.5 Å². The van der Waals surface area contributed by atoms with Crippen molar-refractivity contribution in [2.45, 2.75) is 0 Å². The molecule has 7 heteroatoms. The minimum Gasteiger partial charge on any atom is -0.397 e. The molecule has 3 rings (SSSR count). The lowest BCUT2D eigenvalue weighted by molar-refractivity contribution is 0.103. The molecule has 2 aromatic heterocycles. The van der Waals surface area contributed by atoms with Crippen LogP contribution in [-0.4, -0.2) is 10.9 Å². The van der Waals surface area contributed by atoms with E-state index < -0.39 is 17.5 Å². The second-order valence-corrected chi connectivity index (χ2v) is 5.28. The van der Waals surface area contributed by atoms with Gasteiger partial charge in [-0.3, -0.25) is 4.79 Å². The van der Waals surface area contributed by atoms with Crippen molar-refractivity contribution in [1.82, 2.24) is 4.98 Å². The minimum absolute atomic E-state index is 0.156. The van der Waals surface area contributed by atoms with Crippen LogP contribution in [0.5, 0.6) is 0 Å². The van der Waals surface area contributed by atoms with Gasteiger partial charge in [-0.1, -0.05) is 0 Å². The van der Waals surface area contributed by atoms with Gasteiger partial charge in [0.25, 0.3) is 5.91 Å². The number of nitrogens with two attached hydrogens (primary N) is 1. The van der Waals surface area contributed by atoms with Crippen LogP contribution < -0.4 is 11.1 Å². The highest BCUT2D eigenvalue weighted by molar-refractivity contribution is 7.21. The van der Waals surface area contributed by atoms with Crippen molar-refractivity contribution in [3.05, 3.63) is 53.0 Å². The number of nitrogens with one attached hydrogen (secondary N) is 1. The van der Waals surface area contributed by atoms with Gasteiger partial charge in [0.05, 0.1) is 5.69 Å². The summed E-state index contributed by atoms with van der Waals surface area (Å²) in [5.74, 6) is -2.49. The van der Waals surface area contributed by atoms with Crippen molar-refractivity contribution >= 4 is 38.8 Å². The Morgan fingerprint density at radius 3 is 2.76 bits per heavy atom. The molecular weight excluding hydrogens is 296 g/mol. The number of amides is 1. The highest BCUT2D eigenvalue weighted by Crippen LogP contribution is 2.32. The number of aromatic nitrogens is 1. The Morgan fingerprint density at radius 1 is 1.24 bits per heavy atom. The molecule has 2 heterocycles. The number of nitrogen functional groups attached to an aromatic ring is 1. The molecule has 0 atom stereocenters. The standard InChI is InChI=1S/C14H9F2N3OS/c15-9-4-3-7(6-10(9)16)19-13(20)12-11(17)8-2-1-5-18-14(8)21-12/h1-6H,17H2,(H,19,20). The van der Waals surface area contributed by atoms with E-state index in [2.05, 4.69) is 10.3 Å². The van der Waals surface area contributed by atoms with Crippen molar-refractivity contribution in [1.29, 1.82) is 0 Å². The van der Waals surface area contributed by atoms with Crippen molar-refractivity contribution in [3.63, 3.8) is 0 Å². The van der Waals surface area contributed by atoms with Crippen molar-refractivity contribution < 1.29 is 13.6 Å². The monoisotopic (exact) mass is 305 g/mol. The number of thiophene rings is 1. The van der Waals surface area contributed by atoms with E-state index in [4.69, 9.17) is 5.73 Å². The Hall–Kier alpha value is -2.54. The molecule has 3 aromatic rings. The Balaban J connectivity index is 1.93. The maximum Gasteiger partial charge on any atom is 0.267 e. The topological polar surface area (TPSA) is 68.0 Å². The predicted molar refractivity (Wildman–Crippen MR) is 78.3 cm³/mol. The maximum absolute atomic E-state index is 13.1. The zero-order chi connectivity index (χ0) is 15.0. The quantitative estimate of drug-likeness (QED) is 0.762. The molecule has 0 fully saturated rings. The molecule has 1 aromatic carbocycles. The fraction of sp³-hybridized carbons (Fsp3) is 0. The number of hydrogen-bond donors (Lipinski definition) is 2.